The molecule has 1 unspecified atom stereocenters. The summed E-state index contributed by atoms with van der Waals surface area (Å²) in [4.78, 5) is 38.0. The summed E-state index contributed by atoms with van der Waals surface area (Å²) < 4.78 is 16.8. The monoisotopic (exact) mass is 883 g/mol. The summed E-state index contributed by atoms with van der Waals surface area (Å²) in [6.45, 7) is 6.51. The van der Waals surface area contributed by atoms with Gasteiger partial charge in [0.2, 0.25) is 0 Å². The first-order valence-corrected chi connectivity index (χ1v) is 27.2. The highest BCUT2D eigenvalue weighted by atomic mass is 16.6. The summed E-state index contributed by atoms with van der Waals surface area (Å²) in [7, 11) is 0. The van der Waals surface area contributed by atoms with Crippen LogP contribution in [0.25, 0.3) is 0 Å². The van der Waals surface area contributed by atoms with Crippen molar-refractivity contribution in [3.63, 3.8) is 0 Å². The van der Waals surface area contributed by atoms with Crippen molar-refractivity contribution in [3.05, 3.63) is 48.6 Å². The Morgan fingerprint density at radius 1 is 0.333 bits per heavy atom. The molecule has 6 nitrogen and oxygen atoms in total. The fourth-order valence-electron chi connectivity index (χ4n) is 7.87. The summed E-state index contributed by atoms with van der Waals surface area (Å²) in [6, 6.07) is 0. The summed E-state index contributed by atoms with van der Waals surface area (Å²) in [5, 5.41) is 0. The Kier molecular flexibility index (Phi) is 49.8. The molecule has 0 heterocycles. The zero-order valence-corrected chi connectivity index (χ0v) is 41.8. The van der Waals surface area contributed by atoms with Gasteiger partial charge in [-0.05, 0) is 38.5 Å². The molecule has 1 atom stereocenters. The Balaban J connectivity index is 4.38. The third-order valence-electron chi connectivity index (χ3n) is 11.9. The number of rotatable bonds is 49. The molecular formula is C57H102O6. The van der Waals surface area contributed by atoms with Gasteiger partial charge in [0.15, 0.2) is 6.10 Å². The van der Waals surface area contributed by atoms with Gasteiger partial charge in [0.1, 0.15) is 13.2 Å². The molecule has 366 valence electrons. The molecule has 0 aliphatic heterocycles. The van der Waals surface area contributed by atoms with E-state index >= 15 is 0 Å². The van der Waals surface area contributed by atoms with Crippen LogP contribution in [0.3, 0.4) is 0 Å². The van der Waals surface area contributed by atoms with E-state index in [0.29, 0.717) is 19.3 Å². The maximum Gasteiger partial charge on any atom is 0.306 e. The molecule has 0 rings (SSSR count). The molecule has 0 saturated heterocycles. The van der Waals surface area contributed by atoms with E-state index in [4.69, 9.17) is 14.2 Å². The molecule has 0 aromatic heterocycles. The predicted molar refractivity (Wildman–Crippen MR) is 270 cm³/mol. The van der Waals surface area contributed by atoms with Crippen molar-refractivity contribution in [2.75, 3.05) is 13.2 Å². The summed E-state index contributed by atoms with van der Waals surface area (Å²) in [5.41, 5.74) is 0. The third-order valence-corrected chi connectivity index (χ3v) is 11.9. The quantitative estimate of drug-likeness (QED) is 0.0262. The molecule has 63 heavy (non-hydrogen) atoms. The number of hydrogen-bond donors (Lipinski definition) is 0. The number of allylic oxidation sites excluding steroid dienone is 8. The molecule has 0 aliphatic rings. The van der Waals surface area contributed by atoms with E-state index in [2.05, 4.69) is 51.2 Å². The van der Waals surface area contributed by atoms with Crippen molar-refractivity contribution in [2.45, 2.75) is 284 Å². The van der Waals surface area contributed by atoms with E-state index in [0.717, 1.165) is 83.5 Å². The van der Waals surface area contributed by atoms with Gasteiger partial charge < -0.3 is 14.2 Å². The Bertz CT molecular complexity index is 1110. The topological polar surface area (TPSA) is 78.9 Å². The highest BCUT2D eigenvalue weighted by molar-refractivity contribution is 5.71. The van der Waals surface area contributed by atoms with Gasteiger partial charge in [0.05, 0.1) is 0 Å². The highest BCUT2D eigenvalue weighted by Gasteiger charge is 2.19. The molecule has 0 aromatic rings. The van der Waals surface area contributed by atoms with Crippen LogP contribution in [0.5, 0.6) is 0 Å². The molecule has 0 saturated carbocycles. The van der Waals surface area contributed by atoms with Gasteiger partial charge in [-0.3, -0.25) is 14.4 Å². The minimum Gasteiger partial charge on any atom is -0.462 e. The molecular weight excluding hydrogens is 781 g/mol. The molecule has 0 amide bonds. The molecule has 6 heteroatoms. The second-order valence-corrected chi connectivity index (χ2v) is 18.2. The average Bonchev–Trinajstić information content (AvgIpc) is 3.28. The first-order valence-electron chi connectivity index (χ1n) is 27.2. The van der Waals surface area contributed by atoms with Crippen LogP contribution in [0.1, 0.15) is 278 Å². The zero-order chi connectivity index (χ0) is 45.8. The molecule has 0 aliphatic carbocycles. The van der Waals surface area contributed by atoms with Crippen LogP contribution in [0.2, 0.25) is 0 Å². The summed E-state index contributed by atoms with van der Waals surface area (Å²) in [6.07, 6.45) is 62.3. The van der Waals surface area contributed by atoms with E-state index in [9.17, 15) is 14.4 Å². The maximum absolute atomic E-state index is 12.8. The van der Waals surface area contributed by atoms with Crippen LogP contribution >= 0.6 is 0 Å². The number of ether oxygens (including phenoxy) is 3. The standard InChI is InChI=1S/C57H102O6/c1-4-7-10-13-16-19-22-25-28-31-34-37-40-43-46-49-55(58)61-52-54(63-57(60)51-48-45-42-39-36-33-30-27-24-21-18-15-12-9-6-3)53-62-56(59)50-47-44-41-38-35-32-29-26-23-20-17-14-11-8-5-2/h7,10,13,16,19,22,25,28,54H,4-6,8-9,11-12,14-15,17-18,20-21,23-24,26-27,29-53H2,1-3H3/b10-7-,16-13-,22-19-,28-25-. The SMILES string of the molecule is CC\C=C/C=C\C=C/C=C\CCCCCCCC(=O)OCC(COC(=O)CCCCCCCCCCCCCCCCC)OC(=O)CCCCCCCCCCCCCCCCC. The molecule has 0 bridgehead atoms. The normalized spacial score (nSPS) is 12.4. The van der Waals surface area contributed by atoms with Crippen molar-refractivity contribution in [1.82, 2.24) is 0 Å². The number of unbranched alkanes of at least 4 members (excludes halogenated alkanes) is 33. The number of carbonyl (C=O) groups is 3. The van der Waals surface area contributed by atoms with E-state index in [1.807, 2.05) is 18.2 Å². The van der Waals surface area contributed by atoms with Gasteiger partial charge in [0.25, 0.3) is 0 Å². The molecule has 0 spiro atoms. The first kappa shape index (κ1) is 60.4. The highest BCUT2D eigenvalue weighted by Crippen LogP contribution is 2.16. The third kappa shape index (κ3) is 50.2. The Hall–Kier alpha value is -2.63. The lowest BCUT2D eigenvalue weighted by Gasteiger charge is -2.18. The summed E-state index contributed by atoms with van der Waals surface area (Å²) in [5.74, 6) is -0.887. The molecule has 0 aromatic carbocycles. The van der Waals surface area contributed by atoms with E-state index in [1.54, 1.807) is 0 Å². The average molecular weight is 883 g/mol. The number of esters is 3. The van der Waals surface area contributed by atoms with Crippen molar-refractivity contribution in [2.24, 2.45) is 0 Å². The van der Waals surface area contributed by atoms with Crippen LogP contribution < -0.4 is 0 Å². The summed E-state index contributed by atoms with van der Waals surface area (Å²) >= 11 is 0. The smallest absolute Gasteiger partial charge is 0.306 e. The minimum absolute atomic E-state index is 0.0767. The molecule has 0 fully saturated rings. The Labute approximate surface area is 390 Å². The lowest BCUT2D eigenvalue weighted by atomic mass is 10.0. The van der Waals surface area contributed by atoms with E-state index in [1.165, 1.54) is 154 Å². The van der Waals surface area contributed by atoms with Crippen molar-refractivity contribution < 1.29 is 28.6 Å². The van der Waals surface area contributed by atoms with Crippen molar-refractivity contribution in [1.29, 1.82) is 0 Å². The van der Waals surface area contributed by atoms with Crippen LogP contribution in [-0.2, 0) is 28.6 Å². The van der Waals surface area contributed by atoms with Gasteiger partial charge >= 0.3 is 17.9 Å². The second kappa shape index (κ2) is 52.0. The van der Waals surface area contributed by atoms with Gasteiger partial charge in [-0.1, -0.05) is 268 Å². The Morgan fingerprint density at radius 3 is 0.968 bits per heavy atom. The molecule has 0 N–H and O–H groups in total. The van der Waals surface area contributed by atoms with Gasteiger partial charge in [-0.25, -0.2) is 0 Å². The first-order chi connectivity index (χ1) is 31.0. The molecule has 0 radical (unpaired) electrons. The number of carbonyl (C=O) groups excluding carboxylic acids is 3. The second-order valence-electron chi connectivity index (χ2n) is 18.2. The number of hydrogen-bond acceptors (Lipinski definition) is 6. The fourth-order valence-corrected chi connectivity index (χ4v) is 7.87. The maximum atomic E-state index is 12.8. The lowest BCUT2D eigenvalue weighted by Crippen LogP contribution is -2.30. The van der Waals surface area contributed by atoms with E-state index < -0.39 is 6.10 Å². The minimum atomic E-state index is -0.778. The Morgan fingerprint density at radius 2 is 0.619 bits per heavy atom. The predicted octanol–water partition coefficient (Wildman–Crippen LogP) is 17.9. The van der Waals surface area contributed by atoms with Crippen LogP contribution in [-0.4, -0.2) is 37.2 Å². The van der Waals surface area contributed by atoms with Gasteiger partial charge in [0, 0.05) is 19.3 Å². The largest absolute Gasteiger partial charge is 0.462 e. The fraction of sp³-hybridized carbons (Fsp3) is 0.807. The van der Waals surface area contributed by atoms with Crippen molar-refractivity contribution >= 4 is 17.9 Å². The lowest BCUT2D eigenvalue weighted by molar-refractivity contribution is -0.167. The van der Waals surface area contributed by atoms with Gasteiger partial charge in [-0.2, -0.15) is 0 Å². The van der Waals surface area contributed by atoms with Gasteiger partial charge in [-0.15, -0.1) is 0 Å². The van der Waals surface area contributed by atoms with E-state index in [-0.39, 0.29) is 31.1 Å². The zero-order valence-electron chi connectivity index (χ0n) is 41.8. The van der Waals surface area contributed by atoms with Crippen LogP contribution in [0.4, 0.5) is 0 Å². The van der Waals surface area contributed by atoms with Crippen LogP contribution in [0, 0.1) is 0 Å². The van der Waals surface area contributed by atoms with Crippen LogP contribution in [0.15, 0.2) is 48.6 Å². The van der Waals surface area contributed by atoms with Crippen molar-refractivity contribution in [3.8, 4) is 0 Å².